The summed E-state index contributed by atoms with van der Waals surface area (Å²) in [6.07, 6.45) is 0. The quantitative estimate of drug-likeness (QED) is 0.331. The Kier molecular flexibility index (Phi) is 7.19. The third kappa shape index (κ3) is 5.73. The van der Waals surface area contributed by atoms with Crippen LogP contribution in [0.25, 0.3) is 0 Å². The van der Waals surface area contributed by atoms with E-state index in [-0.39, 0.29) is 28.3 Å². The Morgan fingerprint density at radius 3 is 1.97 bits per heavy atom. The molecule has 9 heteroatoms. The SMILES string of the molecule is COC(=O)c1cc(N=NC(C(=O)Nc2ccccc2)=C(C)O)cc(C(=O)OC)c1. The molecule has 0 saturated carbocycles. The lowest BCUT2D eigenvalue weighted by Crippen LogP contribution is -2.14. The van der Waals surface area contributed by atoms with E-state index in [1.54, 1.807) is 30.3 Å². The minimum atomic E-state index is -0.692. The molecule has 0 spiro atoms. The second-order valence-electron chi connectivity index (χ2n) is 5.71. The number of esters is 2. The lowest BCUT2D eigenvalue weighted by atomic mass is 10.1. The molecule has 0 fully saturated rings. The van der Waals surface area contributed by atoms with Gasteiger partial charge in [-0.1, -0.05) is 18.2 Å². The summed E-state index contributed by atoms with van der Waals surface area (Å²) in [6.45, 7) is 1.28. The van der Waals surface area contributed by atoms with E-state index in [4.69, 9.17) is 0 Å². The van der Waals surface area contributed by atoms with Crippen LogP contribution in [0.1, 0.15) is 27.6 Å². The normalized spacial score (nSPS) is 11.6. The highest BCUT2D eigenvalue weighted by Crippen LogP contribution is 2.22. The van der Waals surface area contributed by atoms with E-state index in [0.717, 1.165) is 0 Å². The molecule has 9 nitrogen and oxygen atoms in total. The van der Waals surface area contributed by atoms with Crippen molar-refractivity contribution in [2.24, 2.45) is 10.2 Å². The molecular formula is C20H19N3O6. The molecule has 0 bridgehead atoms. The van der Waals surface area contributed by atoms with Gasteiger partial charge in [-0.2, -0.15) is 5.11 Å². The Bertz CT molecular complexity index is 945. The number of aliphatic hydroxyl groups is 1. The number of benzene rings is 2. The van der Waals surface area contributed by atoms with E-state index >= 15 is 0 Å². The molecule has 0 aliphatic heterocycles. The standard InChI is InChI=1S/C20H19N3O6/c1-12(24)17(18(25)21-15-7-5-4-6-8-15)23-22-16-10-13(19(26)28-2)9-14(11-16)20(27)29-3/h4-11,24H,1-3H3,(H,21,25). The van der Waals surface area contributed by atoms with Crippen molar-refractivity contribution in [1.82, 2.24) is 0 Å². The molecule has 1 amide bonds. The van der Waals surface area contributed by atoms with Crippen molar-refractivity contribution in [3.63, 3.8) is 0 Å². The van der Waals surface area contributed by atoms with E-state index < -0.39 is 17.8 Å². The second kappa shape index (κ2) is 9.79. The molecule has 29 heavy (non-hydrogen) atoms. The van der Waals surface area contributed by atoms with Gasteiger partial charge < -0.3 is 19.9 Å². The van der Waals surface area contributed by atoms with Crippen LogP contribution in [-0.2, 0) is 14.3 Å². The molecule has 2 aromatic carbocycles. The number of anilines is 1. The summed E-state index contributed by atoms with van der Waals surface area (Å²) in [5.41, 5.74) is 0.345. The fraction of sp³-hybridized carbons (Fsp3) is 0.150. The molecule has 0 radical (unpaired) electrons. The maximum Gasteiger partial charge on any atom is 0.337 e. The Labute approximate surface area is 166 Å². The van der Waals surface area contributed by atoms with Crippen molar-refractivity contribution >= 4 is 29.2 Å². The van der Waals surface area contributed by atoms with E-state index in [9.17, 15) is 19.5 Å². The Hall–Kier alpha value is -4.01. The number of amides is 1. The summed E-state index contributed by atoms with van der Waals surface area (Å²) >= 11 is 0. The Morgan fingerprint density at radius 2 is 1.48 bits per heavy atom. The van der Waals surface area contributed by atoms with E-state index in [2.05, 4.69) is 25.0 Å². The highest BCUT2D eigenvalue weighted by Gasteiger charge is 2.16. The van der Waals surface area contributed by atoms with Crippen molar-refractivity contribution in [1.29, 1.82) is 0 Å². The number of nitrogens with zero attached hydrogens (tertiary/aromatic N) is 2. The first-order valence-electron chi connectivity index (χ1n) is 8.35. The number of hydrogen-bond donors (Lipinski definition) is 2. The van der Waals surface area contributed by atoms with Gasteiger partial charge in [0.2, 0.25) is 0 Å². The summed E-state index contributed by atoms with van der Waals surface area (Å²) in [4.78, 5) is 36.0. The molecule has 0 aliphatic rings. The average molecular weight is 397 g/mol. The van der Waals surface area contributed by atoms with Crippen LogP contribution >= 0.6 is 0 Å². The zero-order chi connectivity index (χ0) is 21.4. The number of carbonyl (C=O) groups is 3. The number of ether oxygens (including phenoxy) is 2. The van der Waals surface area contributed by atoms with Crippen LogP contribution in [0.5, 0.6) is 0 Å². The topological polar surface area (TPSA) is 127 Å². The van der Waals surface area contributed by atoms with Crippen molar-refractivity contribution in [2.45, 2.75) is 6.92 Å². The Balaban J connectivity index is 2.35. The van der Waals surface area contributed by atoms with Gasteiger partial charge in [-0.15, -0.1) is 5.11 Å². The number of methoxy groups -OCH3 is 2. The summed E-state index contributed by atoms with van der Waals surface area (Å²) in [5, 5.41) is 20.1. The van der Waals surface area contributed by atoms with Gasteiger partial charge in [-0.25, -0.2) is 9.59 Å². The van der Waals surface area contributed by atoms with E-state index in [1.165, 1.54) is 39.3 Å². The molecular weight excluding hydrogens is 378 g/mol. The van der Waals surface area contributed by atoms with Crippen molar-refractivity contribution < 1.29 is 29.0 Å². The average Bonchev–Trinajstić information content (AvgIpc) is 2.72. The van der Waals surface area contributed by atoms with E-state index in [0.29, 0.717) is 5.69 Å². The molecule has 150 valence electrons. The fourth-order valence-electron chi connectivity index (χ4n) is 2.24. The number of azo groups is 1. The molecule has 0 aliphatic carbocycles. The minimum absolute atomic E-state index is 0.0457. The first-order valence-corrected chi connectivity index (χ1v) is 8.35. The fourth-order valence-corrected chi connectivity index (χ4v) is 2.24. The van der Waals surface area contributed by atoms with Crippen LogP contribution in [0.15, 0.2) is 70.2 Å². The van der Waals surface area contributed by atoms with Gasteiger partial charge in [0.25, 0.3) is 5.91 Å². The smallest absolute Gasteiger partial charge is 0.337 e. The predicted octanol–water partition coefficient (Wildman–Crippen LogP) is 3.77. The Morgan fingerprint density at radius 1 is 0.931 bits per heavy atom. The molecule has 0 atom stereocenters. The maximum atomic E-state index is 12.4. The van der Waals surface area contributed by atoms with Crippen molar-refractivity contribution in [3.05, 3.63) is 71.1 Å². The summed E-state index contributed by atoms with van der Waals surface area (Å²) in [6, 6.07) is 12.5. The van der Waals surface area contributed by atoms with Gasteiger partial charge in [0.05, 0.1) is 31.0 Å². The molecule has 0 saturated heterocycles. The molecule has 2 rings (SSSR count). The van der Waals surface area contributed by atoms with Gasteiger partial charge >= 0.3 is 11.9 Å². The van der Waals surface area contributed by atoms with Gasteiger partial charge in [0.15, 0.2) is 5.70 Å². The number of hydrogen-bond acceptors (Lipinski definition) is 8. The minimum Gasteiger partial charge on any atom is -0.510 e. The van der Waals surface area contributed by atoms with Crippen LogP contribution in [-0.4, -0.2) is 37.2 Å². The largest absolute Gasteiger partial charge is 0.510 e. The summed E-state index contributed by atoms with van der Waals surface area (Å²) < 4.78 is 9.30. The highest BCUT2D eigenvalue weighted by atomic mass is 16.5. The van der Waals surface area contributed by atoms with Gasteiger partial charge in [-0.05, 0) is 37.3 Å². The molecule has 0 aromatic heterocycles. The zero-order valence-corrected chi connectivity index (χ0v) is 16.0. The van der Waals surface area contributed by atoms with Crippen molar-refractivity contribution in [3.8, 4) is 0 Å². The summed E-state index contributed by atoms with van der Waals surface area (Å²) in [5.74, 6) is -2.43. The molecule has 2 aromatic rings. The number of rotatable bonds is 6. The van der Waals surface area contributed by atoms with Gasteiger partial charge in [0.1, 0.15) is 5.76 Å². The zero-order valence-electron chi connectivity index (χ0n) is 16.0. The first-order chi connectivity index (χ1) is 13.8. The number of carbonyl (C=O) groups excluding carboxylic acids is 3. The van der Waals surface area contributed by atoms with Crippen molar-refractivity contribution in [2.75, 3.05) is 19.5 Å². The predicted molar refractivity (Wildman–Crippen MR) is 104 cm³/mol. The van der Waals surface area contributed by atoms with Crippen LogP contribution in [0.3, 0.4) is 0 Å². The highest BCUT2D eigenvalue weighted by molar-refractivity contribution is 6.03. The monoisotopic (exact) mass is 397 g/mol. The maximum absolute atomic E-state index is 12.4. The molecule has 0 unspecified atom stereocenters. The third-order valence-corrected chi connectivity index (χ3v) is 3.61. The van der Waals surface area contributed by atoms with E-state index in [1.807, 2.05) is 0 Å². The number of nitrogens with one attached hydrogen (secondary N) is 1. The van der Waals surface area contributed by atoms with Gasteiger partial charge in [-0.3, -0.25) is 4.79 Å². The van der Waals surface area contributed by atoms with Gasteiger partial charge in [0, 0.05) is 5.69 Å². The number of allylic oxidation sites excluding steroid dienone is 1. The first kappa shape index (κ1) is 21.3. The number of aliphatic hydroxyl groups excluding tert-OH is 1. The molecule has 2 N–H and O–H groups in total. The summed E-state index contributed by atoms with van der Waals surface area (Å²) in [7, 11) is 2.39. The molecule has 0 heterocycles. The van der Waals surface area contributed by atoms with Crippen LogP contribution in [0.4, 0.5) is 11.4 Å². The second-order valence-corrected chi connectivity index (χ2v) is 5.71. The van der Waals surface area contributed by atoms with Crippen LogP contribution in [0.2, 0.25) is 0 Å². The lowest BCUT2D eigenvalue weighted by Gasteiger charge is -2.06. The lowest BCUT2D eigenvalue weighted by molar-refractivity contribution is -0.113. The third-order valence-electron chi connectivity index (χ3n) is 3.61. The number of para-hydroxylation sites is 1. The van der Waals surface area contributed by atoms with Crippen LogP contribution < -0.4 is 5.32 Å². The van der Waals surface area contributed by atoms with Crippen LogP contribution in [0, 0.1) is 0 Å².